The molecule has 0 unspecified atom stereocenters. The fourth-order valence-corrected chi connectivity index (χ4v) is 5.23. The van der Waals surface area contributed by atoms with Crippen LogP contribution in [0.5, 0.6) is 0 Å². The Kier molecular flexibility index (Phi) is 5.24. The Labute approximate surface area is 214 Å². The summed E-state index contributed by atoms with van der Waals surface area (Å²) >= 11 is 0. The molecule has 0 aliphatic carbocycles. The second-order valence-electron chi connectivity index (χ2n) is 8.68. The minimum absolute atomic E-state index is 0.457. The number of nitriles is 3. The van der Waals surface area contributed by atoms with Crippen LogP contribution in [-0.4, -0.2) is 4.57 Å². The maximum Gasteiger partial charge on any atom is 0.0998 e. The molecule has 37 heavy (non-hydrogen) atoms. The van der Waals surface area contributed by atoms with Gasteiger partial charge in [-0.15, -0.1) is 0 Å². The number of rotatable bonds is 3. The van der Waals surface area contributed by atoms with Crippen LogP contribution in [0.1, 0.15) is 16.7 Å². The Hall–Kier alpha value is -5.63. The van der Waals surface area contributed by atoms with Gasteiger partial charge in [0.05, 0.1) is 45.9 Å². The van der Waals surface area contributed by atoms with E-state index in [1.165, 1.54) is 0 Å². The van der Waals surface area contributed by atoms with E-state index in [9.17, 15) is 15.8 Å². The minimum Gasteiger partial charge on any atom is -0.309 e. The summed E-state index contributed by atoms with van der Waals surface area (Å²) in [5.74, 6) is 0. The molecule has 1 aromatic heterocycles. The number of nitrogens with zero attached hydrogens (tertiary/aromatic N) is 4. The number of benzene rings is 5. The van der Waals surface area contributed by atoms with Crippen LogP contribution in [0, 0.1) is 34.0 Å². The van der Waals surface area contributed by atoms with Crippen LogP contribution < -0.4 is 0 Å². The first-order valence-electron chi connectivity index (χ1n) is 11.8. The van der Waals surface area contributed by atoms with Crippen molar-refractivity contribution in [2.24, 2.45) is 0 Å². The highest BCUT2D eigenvalue weighted by Gasteiger charge is 2.22. The molecule has 1 heterocycles. The SMILES string of the molecule is N#Cc1ccccc1-c1cccc2c3c(-c4c(C#N)cccc4C#N)cccc3n(-c3ccccc3)c12. The fraction of sp³-hybridized carbons (Fsp3) is 0. The molecule has 0 saturated heterocycles. The van der Waals surface area contributed by atoms with Crippen molar-refractivity contribution in [1.82, 2.24) is 4.57 Å². The van der Waals surface area contributed by atoms with E-state index < -0.39 is 0 Å². The zero-order valence-corrected chi connectivity index (χ0v) is 19.7. The lowest BCUT2D eigenvalue weighted by Gasteiger charge is -2.12. The monoisotopic (exact) mass is 470 g/mol. The Balaban J connectivity index is 1.85. The summed E-state index contributed by atoms with van der Waals surface area (Å²) < 4.78 is 2.21. The average molecular weight is 471 g/mol. The zero-order chi connectivity index (χ0) is 25.4. The van der Waals surface area contributed by atoms with Crippen molar-refractivity contribution in [1.29, 1.82) is 15.8 Å². The van der Waals surface area contributed by atoms with Gasteiger partial charge in [0.1, 0.15) is 0 Å². The maximum atomic E-state index is 9.92. The van der Waals surface area contributed by atoms with E-state index in [0.29, 0.717) is 22.3 Å². The van der Waals surface area contributed by atoms with E-state index in [1.807, 2.05) is 66.7 Å². The van der Waals surface area contributed by atoms with Crippen molar-refractivity contribution in [2.45, 2.75) is 0 Å². The Morgan fingerprint density at radius 2 is 1.05 bits per heavy atom. The molecule has 4 nitrogen and oxygen atoms in total. The summed E-state index contributed by atoms with van der Waals surface area (Å²) in [5.41, 5.74) is 7.67. The van der Waals surface area contributed by atoms with Crippen molar-refractivity contribution in [3.8, 4) is 46.1 Å². The summed E-state index contributed by atoms with van der Waals surface area (Å²) in [6, 6.07) is 42.0. The third-order valence-electron chi connectivity index (χ3n) is 6.74. The van der Waals surface area contributed by atoms with Crippen LogP contribution >= 0.6 is 0 Å². The lowest BCUT2D eigenvalue weighted by Crippen LogP contribution is -1.96. The molecule has 170 valence electrons. The first-order valence-corrected chi connectivity index (χ1v) is 11.8. The molecule has 0 N–H and O–H groups in total. The van der Waals surface area contributed by atoms with Crippen LogP contribution in [0.3, 0.4) is 0 Å². The molecular weight excluding hydrogens is 452 g/mol. The fourth-order valence-electron chi connectivity index (χ4n) is 5.23. The standard InChI is InChI=1S/C33H18N4/c34-19-22-9-4-5-14-26(22)27-15-7-17-29-32-28(31-23(20-35)10-6-11-24(31)21-36)16-8-18-30(32)37(33(27)29)25-12-2-1-3-13-25/h1-18H. The normalized spacial score (nSPS) is 10.6. The smallest absolute Gasteiger partial charge is 0.0998 e. The third-order valence-corrected chi connectivity index (χ3v) is 6.74. The summed E-state index contributed by atoms with van der Waals surface area (Å²) in [5, 5.41) is 31.7. The number of hydrogen-bond donors (Lipinski definition) is 0. The lowest BCUT2D eigenvalue weighted by atomic mass is 9.91. The van der Waals surface area contributed by atoms with Gasteiger partial charge < -0.3 is 4.57 Å². The van der Waals surface area contributed by atoms with Gasteiger partial charge in [-0.05, 0) is 42.0 Å². The van der Waals surface area contributed by atoms with Crippen molar-refractivity contribution in [2.75, 3.05) is 0 Å². The van der Waals surface area contributed by atoms with E-state index in [-0.39, 0.29) is 0 Å². The highest BCUT2D eigenvalue weighted by molar-refractivity contribution is 6.19. The van der Waals surface area contributed by atoms with Crippen LogP contribution in [0.25, 0.3) is 49.7 Å². The van der Waals surface area contributed by atoms with Gasteiger partial charge in [0.15, 0.2) is 0 Å². The van der Waals surface area contributed by atoms with Gasteiger partial charge >= 0.3 is 0 Å². The highest BCUT2D eigenvalue weighted by Crippen LogP contribution is 2.43. The average Bonchev–Trinajstić information content (AvgIpc) is 3.32. The van der Waals surface area contributed by atoms with Gasteiger partial charge in [0.25, 0.3) is 0 Å². The predicted octanol–water partition coefficient (Wildman–Crippen LogP) is 7.73. The quantitative estimate of drug-likeness (QED) is 0.265. The molecule has 0 aliphatic heterocycles. The molecule has 6 aromatic rings. The molecule has 0 bridgehead atoms. The van der Waals surface area contributed by atoms with Gasteiger partial charge in [-0.2, -0.15) is 15.8 Å². The Bertz CT molecular complexity index is 1930. The van der Waals surface area contributed by atoms with Crippen molar-refractivity contribution in [3.05, 3.63) is 126 Å². The first kappa shape index (κ1) is 21.9. The van der Waals surface area contributed by atoms with Crippen LogP contribution in [0.15, 0.2) is 109 Å². The Morgan fingerprint density at radius 3 is 1.78 bits per heavy atom. The van der Waals surface area contributed by atoms with E-state index in [2.05, 4.69) is 47.0 Å². The predicted molar refractivity (Wildman–Crippen MR) is 146 cm³/mol. The van der Waals surface area contributed by atoms with Gasteiger partial charge in [-0.1, -0.05) is 72.8 Å². The second-order valence-corrected chi connectivity index (χ2v) is 8.68. The van der Waals surface area contributed by atoms with Gasteiger partial charge in [0.2, 0.25) is 0 Å². The number of para-hydroxylation sites is 2. The van der Waals surface area contributed by atoms with Gasteiger partial charge in [-0.25, -0.2) is 0 Å². The molecule has 0 aliphatic rings. The zero-order valence-electron chi connectivity index (χ0n) is 19.7. The lowest BCUT2D eigenvalue weighted by molar-refractivity contribution is 1.18. The minimum atomic E-state index is 0.457. The second kappa shape index (κ2) is 8.86. The van der Waals surface area contributed by atoms with Crippen LogP contribution in [0.2, 0.25) is 0 Å². The number of hydrogen-bond acceptors (Lipinski definition) is 3. The summed E-state index contributed by atoms with van der Waals surface area (Å²) in [7, 11) is 0. The molecule has 0 fully saturated rings. The summed E-state index contributed by atoms with van der Waals surface area (Å²) in [6.07, 6.45) is 0. The molecule has 0 spiro atoms. The molecule has 6 rings (SSSR count). The molecule has 4 heteroatoms. The molecule has 0 atom stereocenters. The number of fused-ring (bicyclic) bond motifs is 3. The first-order chi connectivity index (χ1) is 18.3. The van der Waals surface area contributed by atoms with Crippen molar-refractivity contribution < 1.29 is 0 Å². The van der Waals surface area contributed by atoms with Gasteiger partial charge in [0, 0.05) is 33.2 Å². The maximum absolute atomic E-state index is 9.92. The topological polar surface area (TPSA) is 76.3 Å². The summed E-state index contributed by atoms with van der Waals surface area (Å²) in [6.45, 7) is 0. The van der Waals surface area contributed by atoms with Crippen LogP contribution in [0.4, 0.5) is 0 Å². The van der Waals surface area contributed by atoms with E-state index in [0.717, 1.165) is 44.2 Å². The molecule has 5 aromatic carbocycles. The van der Waals surface area contributed by atoms with E-state index in [4.69, 9.17) is 0 Å². The number of aromatic nitrogens is 1. The largest absolute Gasteiger partial charge is 0.309 e. The van der Waals surface area contributed by atoms with Crippen molar-refractivity contribution in [3.63, 3.8) is 0 Å². The highest BCUT2D eigenvalue weighted by atomic mass is 15.0. The summed E-state index contributed by atoms with van der Waals surface area (Å²) in [4.78, 5) is 0. The third kappa shape index (κ3) is 3.35. The molecule has 0 amide bonds. The van der Waals surface area contributed by atoms with E-state index >= 15 is 0 Å². The molecule has 0 radical (unpaired) electrons. The molecular formula is C33H18N4. The van der Waals surface area contributed by atoms with Gasteiger partial charge in [-0.3, -0.25) is 0 Å². The van der Waals surface area contributed by atoms with E-state index in [1.54, 1.807) is 18.2 Å². The van der Waals surface area contributed by atoms with Crippen molar-refractivity contribution >= 4 is 21.8 Å². The Morgan fingerprint density at radius 1 is 0.486 bits per heavy atom. The molecule has 0 saturated carbocycles. The van der Waals surface area contributed by atoms with Crippen LogP contribution in [-0.2, 0) is 0 Å².